The number of nitrogens with two attached hydrogens (primary N) is 1. The van der Waals surface area contributed by atoms with Crippen LogP contribution >= 0.6 is 23.2 Å². The van der Waals surface area contributed by atoms with Crippen LogP contribution in [0.5, 0.6) is 0 Å². The van der Waals surface area contributed by atoms with Gasteiger partial charge in [0.2, 0.25) is 5.91 Å². The maximum absolute atomic E-state index is 12.6. The van der Waals surface area contributed by atoms with E-state index in [-0.39, 0.29) is 23.9 Å². The highest BCUT2D eigenvalue weighted by molar-refractivity contribution is 6.42. The summed E-state index contributed by atoms with van der Waals surface area (Å²) in [5.41, 5.74) is 7.07. The molecule has 5 heteroatoms. The fraction of sp³-hybridized carbons (Fsp3) is 0.562. The fourth-order valence-electron chi connectivity index (χ4n) is 3.97. The van der Waals surface area contributed by atoms with Crippen molar-refractivity contribution in [3.8, 4) is 0 Å². The summed E-state index contributed by atoms with van der Waals surface area (Å²) in [6.07, 6.45) is 3.40. The van der Waals surface area contributed by atoms with Gasteiger partial charge < -0.3 is 11.1 Å². The molecule has 1 amide bonds. The molecular formula is C16H20Cl2N2O. The third-order valence-electron chi connectivity index (χ3n) is 5.09. The third-order valence-corrected chi connectivity index (χ3v) is 5.92. The monoisotopic (exact) mass is 326 g/mol. The minimum absolute atomic E-state index is 0.00535. The predicted molar refractivity (Wildman–Crippen MR) is 85.3 cm³/mol. The maximum atomic E-state index is 12.6. The van der Waals surface area contributed by atoms with E-state index in [9.17, 15) is 4.79 Å². The minimum atomic E-state index is -0.171. The normalized spacial score (nSPS) is 32.2. The van der Waals surface area contributed by atoms with Gasteiger partial charge in [0.25, 0.3) is 0 Å². The van der Waals surface area contributed by atoms with Gasteiger partial charge in [-0.3, -0.25) is 4.79 Å². The molecule has 0 spiro atoms. The molecule has 21 heavy (non-hydrogen) atoms. The highest BCUT2D eigenvalue weighted by atomic mass is 35.5. The average molecular weight is 327 g/mol. The van der Waals surface area contributed by atoms with Gasteiger partial charge in [0.1, 0.15) is 0 Å². The van der Waals surface area contributed by atoms with Crippen LogP contribution in [0.4, 0.5) is 0 Å². The van der Waals surface area contributed by atoms with Crippen molar-refractivity contribution in [2.24, 2.45) is 23.5 Å². The van der Waals surface area contributed by atoms with E-state index in [0.29, 0.717) is 21.9 Å². The molecule has 3 rings (SSSR count). The first-order valence-electron chi connectivity index (χ1n) is 7.49. The Kier molecular flexibility index (Phi) is 4.17. The summed E-state index contributed by atoms with van der Waals surface area (Å²) in [4.78, 5) is 12.6. The summed E-state index contributed by atoms with van der Waals surface area (Å²) in [6.45, 7) is 1.92. The summed E-state index contributed by atoms with van der Waals surface area (Å²) in [5.74, 6) is 0.977. The molecule has 5 atom stereocenters. The van der Waals surface area contributed by atoms with Gasteiger partial charge in [-0.1, -0.05) is 35.3 Å². The molecule has 0 saturated heterocycles. The topological polar surface area (TPSA) is 55.1 Å². The number of nitrogens with one attached hydrogen (secondary N) is 1. The van der Waals surface area contributed by atoms with Crippen molar-refractivity contribution in [2.45, 2.75) is 38.3 Å². The Morgan fingerprint density at radius 1 is 1.33 bits per heavy atom. The summed E-state index contributed by atoms with van der Waals surface area (Å²) < 4.78 is 0. The third kappa shape index (κ3) is 2.67. The lowest BCUT2D eigenvalue weighted by Crippen LogP contribution is -2.45. The second-order valence-electron chi connectivity index (χ2n) is 6.31. The van der Waals surface area contributed by atoms with Crippen LogP contribution in [0.3, 0.4) is 0 Å². The van der Waals surface area contributed by atoms with Crippen LogP contribution in [0, 0.1) is 17.8 Å². The first kappa shape index (κ1) is 15.1. The van der Waals surface area contributed by atoms with Gasteiger partial charge in [-0.05, 0) is 49.7 Å². The van der Waals surface area contributed by atoms with Gasteiger partial charge in [-0.15, -0.1) is 0 Å². The molecular weight excluding hydrogens is 307 g/mol. The number of hydrogen-bond donors (Lipinski definition) is 2. The van der Waals surface area contributed by atoms with E-state index in [0.717, 1.165) is 18.4 Å². The lowest BCUT2D eigenvalue weighted by molar-refractivity contribution is -0.127. The van der Waals surface area contributed by atoms with Crippen LogP contribution in [-0.4, -0.2) is 11.9 Å². The molecule has 2 saturated carbocycles. The van der Waals surface area contributed by atoms with Gasteiger partial charge in [0.05, 0.1) is 22.0 Å². The van der Waals surface area contributed by atoms with Gasteiger partial charge in [0.15, 0.2) is 0 Å². The van der Waals surface area contributed by atoms with Crippen molar-refractivity contribution in [1.29, 1.82) is 0 Å². The second-order valence-corrected chi connectivity index (χ2v) is 7.09. The van der Waals surface area contributed by atoms with E-state index >= 15 is 0 Å². The zero-order chi connectivity index (χ0) is 15.1. The minimum Gasteiger partial charge on any atom is -0.349 e. The molecule has 1 aromatic carbocycles. The average Bonchev–Trinajstić information content (AvgIpc) is 3.02. The number of carbonyl (C=O) groups excluding carboxylic acids is 1. The van der Waals surface area contributed by atoms with E-state index in [1.165, 1.54) is 6.42 Å². The van der Waals surface area contributed by atoms with Crippen molar-refractivity contribution in [2.75, 3.05) is 0 Å². The van der Waals surface area contributed by atoms with E-state index in [1.54, 1.807) is 6.07 Å². The SMILES string of the molecule is CC(NC(=O)C1C2CCC(C2)C1N)c1cccc(Cl)c1Cl. The second kappa shape index (κ2) is 5.79. The number of halogens is 2. The zero-order valence-corrected chi connectivity index (χ0v) is 13.5. The first-order valence-corrected chi connectivity index (χ1v) is 8.24. The molecule has 0 radical (unpaired) electrons. The Morgan fingerprint density at radius 2 is 2.05 bits per heavy atom. The molecule has 2 fully saturated rings. The number of benzene rings is 1. The fourth-order valence-corrected chi connectivity index (χ4v) is 4.44. The Labute approximate surface area is 135 Å². The van der Waals surface area contributed by atoms with Crippen LogP contribution in [0.15, 0.2) is 18.2 Å². The largest absolute Gasteiger partial charge is 0.349 e. The van der Waals surface area contributed by atoms with E-state index in [4.69, 9.17) is 28.9 Å². The van der Waals surface area contributed by atoms with Gasteiger partial charge in [-0.25, -0.2) is 0 Å². The summed E-state index contributed by atoms with van der Waals surface area (Å²) in [7, 11) is 0. The summed E-state index contributed by atoms with van der Waals surface area (Å²) >= 11 is 12.2. The molecule has 2 aliphatic carbocycles. The lowest BCUT2D eigenvalue weighted by atomic mass is 9.84. The zero-order valence-electron chi connectivity index (χ0n) is 12.0. The number of fused-ring (bicyclic) bond motifs is 2. The van der Waals surface area contributed by atoms with Gasteiger partial charge >= 0.3 is 0 Å². The lowest BCUT2D eigenvalue weighted by Gasteiger charge is -2.28. The van der Waals surface area contributed by atoms with Crippen molar-refractivity contribution in [3.05, 3.63) is 33.8 Å². The molecule has 114 valence electrons. The number of carbonyl (C=O) groups is 1. The maximum Gasteiger partial charge on any atom is 0.225 e. The van der Waals surface area contributed by atoms with Crippen molar-refractivity contribution >= 4 is 29.1 Å². The molecule has 5 unspecified atom stereocenters. The highest BCUT2D eigenvalue weighted by Gasteiger charge is 2.49. The smallest absolute Gasteiger partial charge is 0.225 e. The number of hydrogen-bond acceptors (Lipinski definition) is 2. The summed E-state index contributed by atoms with van der Waals surface area (Å²) in [6, 6.07) is 5.31. The Bertz CT molecular complexity index is 561. The predicted octanol–water partition coefficient (Wildman–Crippen LogP) is 3.54. The molecule has 0 aliphatic heterocycles. The van der Waals surface area contributed by atoms with E-state index < -0.39 is 0 Å². The summed E-state index contributed by atoms with van der Waals surface area (Å²) in [5, 5.41) is 4.07. The number of rotatable bonds is 3. The Morgan fingerprint density at radius 3 is 2.71 bits per heavy atom. The number of amides is 1. The standard InChI is InChI=1S/C16H20Cl2N2O/c1-8(11-3-2-4-12(17)14(11)18)20-16(21)13-9-5-6-10(7-9)15(13)19/h2-4,8-10,13,15H,5-7,19H2,1H3,(H,20,21). The van der Waals surface area contributed by atoms with Crippen molar-refractivity contribution < 1.29 is 4.79 Å². The van der Waals surface area contributed by atoms with Crippen LogP contribution in [0.2, 0.25) is 10.0 Å². The molecule has 1 aromatic rings. The quantitative estimate of drug-likeness (QED) is 0.892. The van der Waals surface area contributed by atoms with Crippen LogP contribution in [-0.2, 0) is 4.79 Å². The molecule has 0 heterocycles. The molecule has 3 nitrogen and oxygen atoms in total. The van der Waals surface area contributed by atoms with E-state index in [2.05, 4.69) is 5.32 Å². The Hall–Kier alpha value is -0.770. The van der Waals surface area contributed by atoms with Crippen LogP contribution in [0.25, 0.3) is 0 Å². The van der Waals surface area contributed by atoms with Gasteiger partial charge in [-0.2, -0.15) is 0 Å². The van der Waals surface area contributed by atoms with Gasteiger partial charge in [0, 0.05) is 6.04 Å². The molecule has 2 bridgehead atoms. The van der Waals surface area contributed by atoms with Crippen molar-refractivity contribution in [3.63, 3.8) is 0 Å². The van der Waals surface area contributed by atoms with Crippen LogP contribution < -0.4 is 11.1 Å². The molecule has 2 aliphatic rings. The van der Waals surface area contributed by atoms with Crippen LogP contribution in [0.1, 0.15) is 37.8 Å². The van der Waals surface area contributed by atoms with E-state index in [1.807, 2.05) is 19.1 Å². The highest BCUT2D eigenvalue weighted by Crippen LogP contribution is 2.47. The first-order chi connectivity index (χ1) is 9.99. The Balaban J connectivity index is 1.71. The molecule has 0 aromatic heterocycles. The van der Waals surface area contributed by atoms with Crippen molar-refractivity contribution in [1.82, 2.24) is 5.32 Å². The molecule has 3 N–H and O–H groups in total.